The molecule has 2 atom stereocenters. The normalized spacial score (nSPS) is 27.8. The smallest absolute Gasteiger partial charge is 0.141 e. The monoisotopic (exact) mass is 249 g/mol. The lowest BCUT2D eigenvalue weighted by Crippen LogP contribution is -2.41. The van der Waals surface area contributed by atoms with Crippen molar-refractivity contribution in [3.8, 4) is 5.75 Å². The van der Waals surface area contributed by atoms with Gasteiger partial charge in [0.2, 0.25) is 0 Å². The zero-order valence-corrected chi connectivity index (χ0v) is 11.5. The number of para-hydroxylation sites is 2. The first-order valence-corrected chi connectivity index (χ1v) is 6.70. The van der Waals surface area contributed by atoms with Crippen molar-refractivity contribution in [3.63, 3.8) is 0 Å². The largest absolute Gasteiger partial charge is 0.495 e. The summed E-state index contributed by atoms with van der Waals surface area (Å²) in [5.41, 5.74) is 1.09. The summed E-state index contributed by atoms with van der Waals surface area (Å²) in [6.07, 6.45) is 3.15. The van der Waals surface area contributed by atoms with E-state index >= 15 is 0 Å². The summed E-state index contributed by atoms with van der Waals surface area (Å²) in [6.45, 7) is 5.21. The van der Waals surface area contributed by atoms with E-state index in [1.165, 1.54) is 0 Å². The Bertz CT molecular complexity index is 394. The quantitative estimate of drug-likeness (QED) is 0.886. The lowest BCUT2D eigenvalue weighted by molar-refractivity contribution is -0.0709. The Morgan fingerprint density at radius 1 is 1.44 bits per heavy atom. The lowest BCUT2D eigenvalue weighted by Gasteiger charge is -2.38. The van der Waals surface area contributed by atoms with Crippen LogP contribution in [0.4, 0.5) is 5.69 Å². The fourth-order valence-corrected chi connectivity index (χ4v) is 2.48. The molecule has 1 heterocycles. The third-order valence-electron chi connectivity index (χ3n) is 3.81. The Hall–Kier alpha value is -1.22. The van der Waals surface area contributed by atoms with E-state index in [2.05, 4.69) is 25.2 Å². The maximum atomic E-state index is 5.87. The minimum Gasteiger partial charge on any atom is -0.495 e. The van der Waals surface area contributed by atoms with Gasteiger partial charge in [0.15, 0.2) is 0 Å². The molecule has 1 aliphatic heterocycles. The van der Waals surface area contributed by atoms with E-state index in [0.717, 1.165) is 37.3 Å². The van der Waals surface area contributed by atoms with Crippen LogP contribution in [-0.4, -0.2) is 25.4 Å². The Morgan fingerprint density at radius 2 is 2.22 bits per heavy atom. The van der Waals surface area contributed by atoms with E-state index in [-0.39, 0.29) is 5.60 Å². The van der Waals surface area contributed by atoms with Gasteiger partial charge in [-0.3, -0.25) is 0 Å². The molecule has 1 aromatic carbocycles. The van der Waals surface area contributed by atoms with Crippen LogP contribution in [0.2, 0.25) is 0 Å². The van der Waals surface area contributed by atoms with Crippen LogP contribution < -0.4 is 10.1 Å². The molecule has 1 fully saturated rings. The molecule has 0 bridgehead atoms. The van der Waals surface area contributed by atoms with Crippen molar-refractivity contribution in [1.29, 1.82) is 0 Å². The minimum absolute atomic E-state index is 0.0118. The molecule has 1 aliphatic rings. The van der Waals surface area contributed by atoms with Crippen LogP contribution in [0.5, 0.6) is 5.75 Å². The third kappa shape index (κ3) is 2.96. The molecular formula is C15H23NO2. The second kappa shape index (κ2) is 5.61. The topological polar surface area (TPSA) is 30.5 Å². The highest BCUT2D eigenvalue weighted by Gasteiger charge is 2.31. The average Bonchev–Trinajstić information content (AvgIpc) is 2.39. The lowest BCUT2D eigenvalue weighted by atomic mass is 9.90. The Labute approximate surface area is 109 Å². The van der Waals surface area contributed by atoms with Crippen molar-refractivity contribution in [2.75, 3.05) is 19.0 Å². The van der Waals surface area contributed by atoms with Gasteiger partial charge in [-0.1, -0.05) is 19.1 Å². The molecule has 2 unspecified atom stereocenters. The molecule has 0 amide bonds. The number of hydrogen-bond donors (Lipinski definition) is 1. The number of hydrogen-bond acceptors (Lipinski definition) is 3. The molecule has 3 heteroatoms. The van der Waals surface area contributed by atoms with Crippen LogP contribution in [0, 0.1) is 0 Å². The molecule has 100 valence electrons. The second-order valence-corrected chi connectivity index (χ2v) is 5.19. The van der Waals surface area contributed by atoms with Crippen molar-refractivity contribution < 1.29 is 9.47 Å². The zero-order chi connectivity index (χ0) is 13.0. The molecule has 18 heavy (non-hydrogen) atoms. The number of methoxy groups -OCH3 is 1. The summed E-state index contributed by atoms with van der Waals surface area (Å²) in [7, 11) is 1.71. The molecule has 1 N–H and O–H groups in total. The van der Waals surface area contributed by atoms with E-state index in [1.54, 1.807) is 7.11 Å². The van der Waals surface area contributed by atoms with E-state index in [1.807, 2.05) is 18.2 Å². The van der Waals surface area contributed by atoms with Gasteiger partial charge in [0, 0.05) is 12.6 Å². The van der Waals surface area contributed by atoms with Gasteiger partial charge in [-0.05, 0) is 38.3 Å². The van der Waals surface area contributed by atoms with Crippen molar-refractivity contribution in [2.24, 2.45) is 0 Å². The highest BCUT2D eigenvalue weighted by molar-refractivity contribution is 5.56. The fourth-order valence-electron chi connectivity index (χ4n) is 2.48. The average molecular weight is 249 g/mol. The summed E-state index contributed by atoms with van der Waals surface area (Å²) in [6, 6.07) is 8.53. The fraction of sp³-hybridized carbons (Fsp3) is 0.600. The first-order chi connectivity index (χ1) is 8.67. The van der Waals surface area contributed by atoms with Crippen LogP contribution in [-0.2, 0) is 4.74 Å². The molecule has 1 aromatic rings. The van der Waals surface area contributed by atoms with Crippen molar-refractivity contribution in [2.45, 2.75) is 44.8 Å². The molecule has 0 radical (unpaired) electrons. The molecule has 0 spiro atoms. The second-order valence-electron chi connectivity index (χ2n) is 5.19. The van der Waals surface area contributed by atoms with Gasteiger partial charge < -0.3 is 14.8 Å². The summed E-state index contributed by atoms with van der Waals surface area (Å²) < 4.78 is 11.2. The summed E-state index contributed by atoms with van der Waals surface area (Å²) in [5, 5.41) is 3.58. The van der Waals surface area contributed by atoms with Gasteiger partial charge in [0.05, 0.1) is 18.4 Å². The minimum atomic E-state index is 0.0118. The highest BCUT2D eigenvalue weighted by Crippen LogP contribution is 2.31. The summed E-state index contributed by atoms with van der Waals surface area (Å²) in [4.78, 5) is 0. The summed E-state index contributed by atoms with van der Waals surface area (Å²) in [5.74, 6) is 0.905. The molecule has 0 aromatic heterocycles. The van der Waals surface area contributed by atoms with Gasteiger partial charge in [0.25, 0.3) is 0 Å². The van der Waals surface area contributed by atoms with Crippen molar-refractivity contribution in [3.05, 3.63) is 24.3 Å². The van der Waals surface area contributed by atoms with Gasteiger partial charge in [-0.15, -0.1) is 0 Å². The summed E-state index contributed by atoms with van der Waals surface area (Å²) >= 11 is 0. The molecule has 2 rings (SSSR count). The van der Waals surface area contributed by atoms with Gasteiger partial charge in [-0.2, -0.15) is 0 Å². The van der Waals surface area contributed by atoms with Crippen LogP contribution >= 0.6 is 0 Å². The maximum absolute atomic E-state index is 5.87. The van der Waals surface area contributed by atoms with E-state index in [9.17, 15) is 0 Å². The molecule has 0 saturated carbocycles. The highest BCUT2D eigenvalue weighted by atomic mass is 16.5. The predicted molar refractivity (Wildman–Crippen MR) is 74.3 cm³/mol. The zero-order valence-electron chi connectivity index (χ0n) is 11.5. The first-order valence-electron chi connectivity index (χ1n) is 6.70. The van der Waals surface area contributed by atoms with Crippen molar-refractivity contribution >= 4 is 5.69 Å². The van der Waals surface area contributed by atoms with Gasteiger partial charge in [-0.25, -0.2) is 0 Å². The predicted octanol–water partition coefficient (Wildman–Crippen LogP) is 3.45. The number of ether oxygens (including phenoxy) is 2. The van der Waals surface area contributed by atoms with Crippen LogP contribution in [0.25, 0.3) is 0 Å². The molecule has 3 nitrogen and oxygen atoms in total. The van der Waals surface area contributed by atoms with E-state index in [0.29, 0.717) is 6.04 Å². The Morgan fingerprint density at radius 3 is 2.94 bits per heavy atom. The Kier molecular flexibility index (Phi) is 4.12. The standard InChI is InChI=1S/C15H23NO2/c1-4-15(2)11-12(9-10-18-15)16-13-7-5-6-8-14(13)17-3/h5-8,12,16H,4,9-11H2,1-3H3. The number of rotatable bonds is 4. The van der Waals surface area contributed by atoms with Crippen molar-refractivity contribution in [1.82, 2.24) is 0 Å². The number of anilines is 1. The molecule has 1 saturated heterocycles. The number of nitrogens with one attached hydrogen (secondary N) is 1. The van der Waals surface area contributed by atoms with E-state index in [4.69, 9.17) is 9.47 Å². The SMILES string of the molecule is CCC1(C)CC(Nc2ccccc2OC)CCO1. The van der Waals surface area contributed by atoms with Crippen LogP contribution in [0.1, 0.15) is 33.1 Å². The van der Waals surface area contributed by atoms with Crippen LogP contribution in [0.15, 0.2) is 24.3 Å². The number of benzene rings is 1. The van der Waals surface area contributed by atoms with Gasteiger partial charge >= 0.3 is 0 Å². The van der Waals surface area contributed by atoms with Crippen LogP contribution in [0.3, 0.4) is 0 Å². The Balaban J connectivity index is 2.05. The van der Waals surface area contributed by atoms with E-state index < -0.39 is 0 Å². The molecule has 0 aliphatic carbocycles. The van der Waals surface area contributed by atoms with Gasteiger partial charge in [0.1, 0.15) is 5.75 Å². The maximum Gasteiger partial charge on any atom is 0.141 e. The molecular weight excluding hydrogens is 226 g/mol. The third-order valence-corrected chi connectivity index (χ3v) is 3.81. The first kappa shape index (κ1) is 13.2.